The molecule has 1 aromatic rings. The number of carbonyl (C=O) groups is 1. The minimum Gasteiger partial charge on any atom is -0.497 e. The van der Waals surface area contributed by atoms with Crippen LogP contribution < -0.4 is 10.1 Å². The highest BCUT2D eigenvalue weighted by atomic mass is 79.9. The van der Waals surface area contributed by atoms with Crippen LogP contribution in [0.5, 0.6) is 5.75 Å². The highest BCUT2D eigenvalue weighted by molar-refractivity contribution is 9.10. The number of carbonyl (C=O) groups excluding carboxylic acids is 1. The third kappa shape index (κ3) is 3.73. The van der Waals surface area contributed by atoms with Crippen molar-refractivity contribution in [2.75, 3.05) is 26.7 Å². The zero-order chi connectivity index (χ0) is 14.5. The standard InChI is InChI=1S/C15H21BrN2O2/c1-11(18-7-3-4-8-18)10-17-15(19)13-9-12(20-2)5-6-14(13)16/h5-6,9,11H,3-4,7-8,10H2,1-2H3,(H,17,19). The van der Waals surface area contributed by atoms with Crippen molar-refractivity contribution < 1.29 is 9.53 Å². The van der Waals surface area contributed by atoms with Gasteiger partial charge < -0.3 is 10.1 Å². The van der Waals surface area contributed by atoms with E-state index in [1.54, 1.807) is 13.2 Å². The minimum atomic E-state index is -0.0678. The van der Waals surface area contributed by atoms with E-state index in [1.165, 1.54) is 12.8 Å². The van der Waals surface area contributed by atoms with E-state index in [9.17, 15) is 4.79 Å². The number of hydrogen-bond acceptors (Lipinski definition) is 3. The maximum absolute atomic E-state index is 12.2. The molecule has 110 valence electrons. The first-order valence-corrected chi connectivity index (χ1v) is 7.77. The van der Waals surface area contributed by atoms with Crippen molar-refractivity contribution in [3.63, 3.8) is 0 Å². The fourth-order valence-corrected chi connectivity index (χ4v) is 2.88. The summed E-state index contributed by atoms with van der Waals surface area (Å²) in [5.41, 5.74) is 0.609. The third-order valence-electron chi connectivity index (χ3n) is 3.74. The zero-order valence-electron chi connectivity index (χ0n) is 12.0. The summed E-state index contributed by atoms with van der Waals surface area (Å²) in [4.78, 5) is 14.7. The SMILES string of the molecule is COc1ccc(Br)c(C(=O)NCC(C)N2CCCC2)c1. The van der Waals surface area contributed by atoms with Gasteiger partial charge in [-0.05, 0) is 67.0 Å². The van der Waals surface area contributed by atoms with Crippen molar-refractivity contribution >= 4 is 21.8 Å². The Bertz CT molecular complexity index is 473. The van der Waals surface area contributed by atoms with Gasteiger partial charge in [0.25, 0.3) is 5.91 Å². The molecule has 0 saturated carbocycles. The molecule has 1 atom stereocenters. The van der Waals surface area contributed by atoms with E-state index in [-0.39, 0.29) is 5.91 Å². The molecule has 1 aromatic carbocycles. The summed E-state index contributed by atoms with van der Waals surface area (Å²) in [5.74, 6) is 0.618. The summed E-state index contributed by atoms with van der Waals surface area (Å²) < 4.78 is 5.94. The Hall–Kier alpha value is -1.07. The van der Waals surface area contributed by atoms with Crippen molar-refractivity contribution in [3.8, 4) is 5.75 Å². The quantitative estimate of drug-likeness (QED) is 0.895. The van der Waals surface area contributed by atoms with E-state index in [4.69, 9.17) is 4.74 Å². The molecule has 5 heteroatoms. The van der Waals surface area contributed by atoms with Crippen LogP contribution in [-0.4, -0.2) is 43.6 Å². The van der Waals surface area contributed by atoms with Crippen molar-refractivity contribution in [1.29, 1.82) is 0 Å². The first-order valence-electron chi connectivity index (χ1n) is 6.97. The number of ether oxygens (including phenoxy) is 1. The van der Waals surface area contributed by atoms with Crippen LogP contribution >= 0.6 is 15.9 Å². The monoisotopic (exact) mass is 340 g/mol. The molecular weight excluding hydrogens is 320 g/mol. The molecule has 1 N–H and O–H groups in total. The van der Waals surface area contributed by atoms with Gasteiger partial charge in [0.05, 0.1) is 12.7 Å². The Labute approximate surface area is 128 Å². The van der Waals surface area contributed by atoms with Crippen molar-refractivity contribution in [3.05, 3.63) is 28.2 Å². The van der Waals surface area contributed by atoms with Crippen LogP contribution in [0.2, 0.25) is 0 Å². The third-order valence-corrected chi connectivity index (χ3v) is 4.43. The number of halogens is 1. The Balaban J connectivity index is 1.94. The Morgan fingerprint density at radius 3 is 2.80 bits per heavy atom. The summed E-state index contributed by atoms with van der Waals surface area (Å²) in [7, 11) is 1.60. The molecule has 0 spiro atoms. The molecule has 1 aliphatic rings. The fourth-order valence-electron chi connectivity index (χ4n) is 2.45. The second-order valence-electron chi connectivity index (χ2n) is 5.15. The Morgan fingerprint density at radius 1 is 1.45 bits per heavy atom. The molecule has 1 saturated heterocycles. The highest BCUT2D eigenvalue weighted by Crippen LogP contribution is 2.22. The zero-order valence-corrected chi connectivity index (χ0v) is 13.6. The number of methoxy groups -OCH3 is 1. The van der Waals surface area contributed by atoms with Crippen LogP contribution in [0.15, 0.2) is 22.7 Å². The first-order chi connectivity index (χ1) is 9.61. The number of nitrogens with one attached hydrogen (secondary N) is 1. The van der Waals surface area contributed by atoms with Crippen LogP contribution in [0.3, 0.4) is 0 Å². The van der Waals surface area contributed by atoms with E-state index in [0.717, 1.165) is 17.6 Å². The summed E-state index contributed by atoms with van der Waals surface area (Å²) in [6, 6.07) is 5.79. The molecule has 1 heterocycles. The maximum atomic E-state index is 12.2. The van der Waals surface area contributed by atoms with Crippen molar-refractivity contribution in [2.45, 2.75) is 25.8 Å². The molecule has 0 aromatic heterocycles. The number of benzene rings is 1. The number of rotatable bonds is 5. The van der Waals surface area contributed by atoms with E-state index < -0.39 is 0 Å². The lowest BCUT2D eigenvalue weighted by atomic mass is 10.2. The van der Waals surface area contributed by atoms with Gasteiger partial charge in [0.1, 0.15) is 5.75 Å². The molecular formula is C15H21BrN2O2. The number of nitrogens with zero attached hydrogens (tertiary/aromatic N) is 1. The van der Waals surface area contributed by atoms with Crippen LogP contribution in [0.1, 0.15) is 30.1 Å². The number of likely N-dealkylation sites (tertiary alicyclic amines) is 1. The lowest BCUT2D eigenvalue weighted by molar-refractivity contribution is 0.0939. The van der Waals surface area contributed by atoms with E-state index in [2.05, 4.69) is 33.1 Å². The average molecular weight is 341 g/mol. The van der Waals surface area contributed by atoms with Gasteiger partial charge in [0.2, 0.25) is 0 Å². The topological polar surface area (TPSA) is 41.6 Å². The highest BCUT2D eigenvalue weighted by Gasteiger charge is 2.19. The summed E-state index contributed by atoms with van der Waals surface area (Å²) in [6.07, 6.45) is 2.53. The van der Waals surface area contributed by atoms with Gasteiger partial charge in [-0.1, -0.05) is 0 Å². The van der Waals surface area contributed by atoms with Crippen LogP contribution in [-0.2, 0) is 0 Å². The molecule has 1 amide bonds. The van der Waals surface area contributed by atoms with E-state index in [1.807, 2.05) is 12.1 Å². The Morgan fingerprint density at radius 2 is 2.15 bits per heavy atom. The van der Waals surface area contributed by atoms with E-state index >= 15 is 0 Å². The lowest BCUT2D eigenvalue weighted by Gasteiger charge is -2.24. The molecule has 1 unspecified atom stereocenters. The van der Waals surface area contributed by atoms with Gasteiger partial charge in [0.15, 0.2) is 0 Å². The van der Waals surface area contributed by atoms with Crippen molar-refractivity contribution in [1.82, 2.24) is 10.2 Å². The number of hydrogen-bond donors (Lipinski definition) is 1. The molecule has 4 nitrogen and oxygen atoms in total. The van der Waals surface area contributed by atoms with E-state index in [0.29, 0.717) is 23.9 Å². The van der Waals surface area contributed by atoms with Gasteiger partial charge in [-0.2, -0.15) is 0 Å². The summed E-state index contributed by atoms with van der Waals surface area (Å²) in [6.45, 7) is 5.11. The van der Waals surface area contributed by atoms with Crippen molar-refractivity contribution in [2.24, 2.45) is 0 Å². The molecule has 1 aliphatic heterocycles. The summed E-state index contributed by atoms with van der Waals surface area (Å²) >= 11 is 3.41. The maximum Gasteiger partial charge on any atom is 0.252 e. The fraction of sp³-hybridized carbons (Fsp3) is 0.533. The average Bonchev–Trinajstić information content (AvgIpc) is 2.99. The minimum absolute atomic E-state index is 0.0678. The number of amides is 1. The largest absolute Gasteiger partial charge is 0.497 e. The molecule has 0 aliphatic carbocycles. The van der Waals surface area contributed by atoms with Gasteiger partial charge in [-0.25, -0.2) is 0 Å². The second kappa shape index (κ2) is 7.09. The van der Waals surface area contributed by atoms with Gasteiger partial charge in [-0.3, -0.25) is 9.69 Å². The van der Waals surface area contributed by atoms with Crippen LogP contribution in [0.4, 0.5) is 0 Å². The predicted molar refractivity (Wildman–Crippen MR) is 83.3 cm³/mol. The van der Waals surface area contributed by atoms with Crippen LogP contribution in [0, 0.1) is 0 Å². The van der Waals surface area contributed by atoms with Crippen LogP contribution in [0.25, 0.3) is 0 Å². The molecule has 20 heavy (non-hydrogen) atoms. The first kappa shape index (κ1) is 15.3. The predicted octanol–water partition coefficient (Wildman–Crippen LogP) is 2.67. The molecule has 2 rings (SSSR count). The normalized spacial score (nSPS) is 16.9. The lowest BCUT2D eigenvalue weighted by Crippen LogP contribution is -2.40. The smallest absolute Gasteiger partial charge is 0.252 e. The van der Waals surface area contributed by atoms with Gasteiger partial charge in [0, 0.05) is 17.1 Å². The molecule has 0 radical (unpaired) electrons. The van der Waals surface area contributed by atoms with Gasteiger partial charge in [-0.15, -0.1) is 0 Å². The Kier molecular flexibility index (Phi) is 5.43. The second-order valence-corrected chi connectivity index (χ2v) is 6.00. The molecule has 0 bridgehead atoms. The summed E-state index contributed by atoms with van der Waals surface area (Å²) in [5, 5.41) is 3.00. The van der Waals surface area contributed by atoms with Gasteiger partial charge >= 0.3 is 0 Å². The molecule has 1 fully saturated rings.